The minimum absolute atomic E-state index is 0.0692. The van der Waals surface area contributed by atoms with Gasteiger partial charge in [-0.25, -0.2) is 13.2 Å². The van der Waals surface area contributed by atoms with Gasteiger partial charge in [-0.1, -0.05) is 12.1 Å². The van der Waals surface area contributed by atoms with Gasteiger partial charge in [0, 0.05) is 35.9 Å². The van der Waals surface area contributed by atoms with Crippen molar-refractivity contribution < 1.29 is 59.0 Å². The van der Waals surface area contributed by atoms with E-state index in [1.807, 2.05) is 0 Å². The van der Waals surface area contributed by atoms with Gasteiger partial charge in [-0.15, -0.1) is 0 Å². The van der Waals surface area contributed by atoms with Gasteiger partial charge in [-0.2, -0.15) is 22.0 Å². The van der Waals surface area contributed by atoms with E-state index in [4.69, 9.17) is 4.74 Å². The Kier molecular flexibility index (Phi) is 10.4. The van der Waals surface area contributed by atoms with Crippen LogP contribution in [0.25, 0.3) is 10.9 Å². The van der Waals surface area contributed by atoms with Gasteiger partial charge in [0.05, 0.1) is 11.6 Å². The maximum atomic E-state index is 14.2. The van der Waals surface area contributed by atoms with Crippen LogP contribution in [-0.4, -0.2) is 53.7 Å². The minimum Gasteiger partial charge on any atom is -0.479 e. The Balaban J connectivity index is 1.40. The molecule has 3 aromatic carbocycles. The molecule has 2 heterocycles. The molecule has 17 heteroatoms. The van der Waals surface area contributed by atoms with E-state index in [1.165, 1.54) is 12.1 Å². The summed E-state index contributed by atoms with van der Waals surface area (Å²) in [6.45, 7) is -0.994. The topological polar surface area (TPSA) is 129 Å². The number of Topliss-reactive ketones (excluding diaryl/α,β-unsaturated/α-hetero) is 1. The first kappa shape index (κ1) is 35.8. The molecule has 0 spiro atoms. The van der Waals surface area contributed by atoms with Crippen molar-refractivity contribution in [3.8, 4) is 5.75 Å². The third kappa shape index (κ3) is 8.20. The summed E-state index contributed by atoms with van der Waals surface area (Å²) >= 11 is 0. The number of carbonyl (C=O) groups excluding carboxylic acids is 4. The maximum Gasteiger partial charge on any atom is 0.416 e. The van der Waals surface area contributed by atoms with Crippen LogP contribution in [0, 0.1) is 35.0 Å². The Morgan fingerprint density at radius 3 is 2.18 bits per heavy atom. The molecule has 4 N–H and O–H groups in total. The molecule has 1 aliphatic heterocycles. The van der Waals surface area contributed by atoms with Crippen LogP contribution < -0.4 is 20.7 Å². The quantitative estimate of drug-likeness (QED) is 0.123. The van der Waals surface area contributed by atoms with Gasteiger partial charge in [0.15, 0.2) is 23.2 Å². The van der Waals surface area contributed by atoms with Crippen LogP contribution in [-0.2, 0) is 27.0 Å². The molecule has 1 saturated heterocycles. The lowest BCUT2D eigenvalue weighted by atomic mass is 9.95. The molecule has 3 atom stereocenters. The van der Waals surface area contributed by atoms with Crippen molar-refractivity contribution in [2.45, 2.75) is 37.5 Å². The second-order valence-electron chi connectivity index (χ2n) is 11.5. The minimum atomic E-state index is -4.66. The monoisotopic (exact) mass is 710 g/mol. The molecule has 0 saturated carbocycles. The zero-order valence-electron chi connectivity index (χ0n) is 25.5. The normalized spacial score (nSPS) is 15.8. The molecule has 0 bridgehead atoms. The number of H-pyrrole nitrogens is 1. The number of fused-ring (bicyclic) bond motifs is 1. The lowest BCUT2D eigenvalue weighted by Crippen LogP contribution is -2.53. The Hall–Kier alpha value is -5.48. The Labute approximate surface area is 277 Å². The third-order valence-corrected chi connectivity index (χ3v) is 7.99. The van der Waals surface area contributed by atoms with Crippen molar-refractivity contribution in [2.24, 2.45) is 5.92 Å². The highest BCUT2D eigenvalue weighted by molar-refractivity contribution is 6.01. The summed E-state index contributed by atoms with van der Waals surface area (Å²) in [5.74, 6) is -13.9. The molecule has 3 amide bonds. The average Bonchev–Trinajstić information content (AvgIpc) is 3.68. The lowest BCUT2D eigenvalue weighted by molar-refractivity contribution is -0.137. The standard InChI is InChI=1S/C33H26F8N4O5/c34-19-5-6-22-17(10-19)12-25(43-22)32(49)45-24(9-15-1-3-18(4-2-15)33(39,40)41)31(48)44-23(11-16-7-8-42-30(16)47)26(46)14-50-29-27(37)20(35)13-21(36)28(29)38/h1-6,10,12-13,16,23-24,43H,7-9,11,14H2,(H,42,47)(H,44,48)(H,45,49)/t16-,23?,24-/m0/s1. The average molecular weight is 711 g/mol. The molecule has 1 aromatic heterocycles. The number of benzene rings is 3. The van der Waals surface area contributed by atoms with Gasteiger partial charge in [0.2, 0.25) is 23.4 Å². The summed E-state index contributed by atoms with van der Waals surface area (Å²) < 4.78 is 114. The molecule has 9 nitrogen and oxygen atoms in total. The first-order chi connectivity index (χ1) is 23.6. The van der Waals surface area contributed by atoms with Crippen LogP contribution in [0.4, 0.5) is 35.1 Å². The highest BCUT2D eigenvalue weighted by Gasteiger charge is 2.35. The Morgan fingerprint density at radius 1 is 0.880 bits per heavy atom. The van der Waals surface area contributed by atoms with E-state index in [0.717, 1.165) is 36.4 Å². The summed E-state index contributed by atoms with van der Waals surface area (Å²) in [5.41, 5.74) is -0.585. The van der Waals surface area contributed by atoms with Crippen LogP contribution in [0.5, 0.6) is 5.75 Å². The molecule has 264 valence electrons. The largest absolute Gasteiger partial charge is 0.479 e. The predicted octanol–water partition coefficient (Wildman–Crippen LogP) is 4.88. The highest BCUT2D eigenvalue weighted by Crippen LogP contribution is 2.30. The second kappa shape index (κ2) is 14.6. The highest BCUT2D eigenvalue weighted by atomic mass is 19.4. The lowest BCUT2D eigenvalue weighted by Gasteiger charge is -2.24. The van der Waals surface area contributed by atoms with Crippen LogP contribution in [0.15, 0.2) is 54.6 Å². The maximum absolute atomic E-state index is 14.2. The summed E-state index contributed by atoms with van der Waals surface area (Å²) in [4.78, 5) is 55.4. The Bertz CT molecular complexity index is 1920. The number of rotatable bonds is 12. The number of alkyl halides is 3. The fourth-order valence-corrected chi connectivity index (χ4v) is 5.36. The van der Waals surface area contributed by atoms with Crippen molar-refractivity contribution >= 4 is 34.4 Å². The number of carbonyl (C=O) groups is 4. The molecule has 5 rings (SSSR count). The number of halogens is 8. The molecular formula is C33H26F8N4O5. The van der Waals surface area contributed by atoms with Crippen molar-refractivity contribution in [1.29, 1.82) is 0 Å². The zero-order chi connectivity index (χ0) is 36.3. The molecule has 1 aliphatic rings. The van der Waals surface area contributed by atoms with E-state index in [1.54, 1.807) is 0 Å². The summed E-state index contributed by atoms with van der Waals surface area (Å²) in [5, 5.41) is 7.64. The first-order valence-electron chi connectivity index (χ1n) is 14.9. The fraction of sp³-hybridized carbons (Fsp3) is 0.273. The summed E-state index contributed by atoms with van der Waals surface area (Å²) in [6.07, 6.45) is -5.21. The number of nitrogens with one attached hydrogen (secondary N) is 4. The van der Waals surface area contributed by atoms with Crippen molar-refractivity contribution in [2.75, 3.05) is 13.2 Å². The van der Waals surface area contributed by atoms with Crippen molar-refractivity contribution in [3.05, 3.63) is 101 Å². The third-order valence-electron chi connectivity index (χ3n) is 7.99. The first-order valence-corrected chi connectivity index (χ1v) is 14.9. The number of hydrogen-bond acceptors (Lipinski definition) is 5. The van der Waals surface area contributed by atoms with E-state index in [-0.39, 0.29) is 36.7 Å². The molecule has 1 unspecified atom stereocenters. The number of ether oxygens (including phenoxy) is 1. The smallest absolute Gasteiger partial charge is 0.416 e. The van der Waals surface area contributed by atoms with Crippen LogP contribution in [0.2, 0.25) is 0 Å². The van der Waals surface area contributed by atoms with Crippen LogP contribution >= 0.6 is 0 Å². The van der Waals surface area contributed by atoms with Gasteiger partial charge >= 0.3 is 6.18 Å². The van der Waals surface area contributed by atoms with Gasteiger partial charge in [-0.05, 0) is 54.8 Å². The van der Waals surface area contributed by atoms with Gasteiger partial charge in [0.25, 0.3) is 5.91 Å². The van der Waals surface area contributed by atoms with Crippen molar-refractivity contribution in [3.63, 3.8) is 0 Å². The predicted molar refractivity (Wildman–Crippen MR) is 159 cm³/mol. The number of hydrogen-bond donors (Lipinski definition) is 4. The van der Waals surface area contributed by atoms with E-state index in [2.05, 4.69) is 20.9 Å². The summed E-state index contributed by atoms with van der Waals surface area (Å²) in [6, 6.07) is 5.32. The van der Waals surface area contributed by atoms with Gasteiger partial charge in [0.1, 0.15) is 24.2 Å². The molecule has 1 fully saturated rings. The van der Waals surface area contributed by atoms with Crippen molar-refractivity contribution in [1.82, 2.24) is 20.9 Å². The van der Waals surface area contributed by atoms with E-state index < -0.39 is 101 Å². The molecule has 0 aliphatic carbocycles. The molecular weight excluding hydrogens is 684 g/mol. The number of aromatic nitrogens is 1. The summed E-state index contributed by atoms with van der Waals surface area (Å²) in [7, 11) is 0. The Morgan fingerprint density at radius 2 is 1.56 bits per heavy atom. The molecule has 4 aromatic rings. The second-order valence-corrected chi connectivity index (χ2v) is 11.5. The zero-order valence-corrected chi connectivity index (χ0v) is 25.5. The molecule has 0 radical (unpaired) electrons. The fourth-order valence-electron chi connectivity index (χ4n) is 5.36. The van der Waals surface area contributed by atoms with Crippen LogP contribution in [0.1, 0.15) is 34.5 Å². The van der Waals surface area contributed by atoms with Crippen LogP contribution in [0.3, 0.4) is 0 Å². The number of aromatic amines is 1. The van der Waals surface area contributed by atoms with Gasteiger partial charge < -0.3 is 25.7 Å². The van der Waals surface area contributed by atoms with E-state index in [9.17, 15) is 54.3 Å². The van der Waals surface area contributed by atoms with E-state index >= 15 is 0 Å². The number of amides is 3. The molecule has 50 heavy (non-hydrogen) atoms. The SMILES string of the molecule is O=C(N[C@@H](Cc1ccc(C(F)(F)F)cc1)C(=O)NC(C[C@@H]1CCNC1=O)C(=O)COc1c(F)c(F)cc(F)c1F)c1cc2cc(F)ccc2[nH]1. The van der Waals surface area contributed by atoms with Gasteiger partial charge in [-0.3, -0.25) is 19.2 Å². The number of ketones is 1. The van der Waals surface area contributed by atoms with E-state index in [0.29, 0.717) is 10.9 Å².